The summed E-state index contributed by atoms with van der Waals surface area (Å²) in [6, 6.07) is -3.81. The number of rotatable bonds is 3. The van der Waals surface area contributed by atoms with Gasteiger partial charge in [-0.25, -0.2) is 4.39 Å². The molecule has 0 aromatic heterocycles. The van der Waals surface area contributed by atoms with Crippen LogP contribution >= 0.6 is 0 Å². The lowest BCUT2D eigenvalue weighted by Gasteiger charge is -2.11. The second kappa shape index (κ2) is 3.52. The molecule has 0 fully saturated rings. The summed E-state index contributed by atoms with van der Waals surface area (Å²) >= 11 is 0. The van der Waals surface area contributed by atoms with Crippen LogP contribution in [0.1, 0.15) is 6.92 Å². The fourth-order valence-corrected chi connectivity index (χ4v) is 0.395. The molecule has 0 rings (SSSR count). The maximum Gasteiger partial charge on any atom is 0.368 e. The molecule has 0 aromatic rings. The molecule has 0 unspecified atom stereocenters. The number of hydrogen-bond acceptors (Lipinski definition) is 2. The van der Waals surface area contributed by atoms with Crippen LogP contribution in [-0.4, -0.2) is 18.9 Å². The molecule has 0 amide bonds. The summed E-state index contributed by atoms with van der Waals surface area (Å²) in [4.78, 5) is 10.4. The number of hydrogen-bond donors (Lipinski definition) is 1. The molecule has 0 spiro atoms. The van der Waals surface area contributed by atoms with Crippen molar-refractivity contribution >= 4 is 5.78 Å². The Hall–Kier alpha value is -0.840. The van der Waals surface area contributed by atoms with E-state index in [-0.39, 0.29) is 0 Å². The predicted molar refractivity (Wildman–Crippen MR) is 33.9 cm³/mol. The zero-order chi connectivity index (χ0) is 9.07. The van der Waals surface area contributed by atoms with Crippen molar-refractivity contribution in [3.8, 4) is 0 Å². The topological polar surface area (TPSA) is 29.1 Å². The van der Waals surface area contributed by atoms with Crippen molar-refractivity contribution in [2.45, 2.75) is 13.0 Å². The average molecular weight is 167 g/mol. The zero-order valence-corrected chi connectivity index (χ0v) is 6.12. The van der Waals surface area contributed by atoms with Crippen LogP contribution in [0, 0.1) is 0 Å². The third-order valence-electron chi connectivity index (χ3n) is 1.07. The first-order valence-electron chi connectivity index (χ1n) is 2.89. The highest BCUT2D eigenvalue weighted by Crippen LogP contribution is 2.15. The van der Waals surface area contributed by atoms with Crippen LogP contribution < -0.4 is 5.32 Å². The van der Waals surface area contributed by atoms with Gasteiger partial charge in [-0.3, -0.25) is 10.1 Å². The number of carbonyl (C=O) groups is 1. The molecule has 0 aromatic carbocycles. The molecule has 0 atom stereocenters. The molecule has 0 bridgehead atoms. The van der Waals surface area contributed by atoms with Crippen molar-refractivity contribution < 1.29 is 18.0 Å². The van der Waals surface area contributed by atoms with Crippen molar-refractivity contribution in [1.82, 2.24) is 5.32 Å². The number of alkyl halides is 2. The molecule has 0 saturated carbocycles. The van der Waals surface area contributed by atoms with Crippen molar-refractivity contribution in [3.05, 3.63) is 11.9 Å². The molecule has 0 heterocycles. The lowest BCUT2D eigenvalue weighted by atomic mass is 10.3. The Kier molecular flexibility index (Phi) is 3.25. The Morgan fingerprint density at radius 1 is 1.55 bits per heavy atom. The smallest absolute Gasteiger partial charge is 0.283 e. The fraction of sp³-hybridized carbons (Fsp3) is 0.500. The normalized spacial score (nSPS) is 13.4. The molecule has 1 N–H and O–H groups in total. The van der Waals surface area contributed by atoms with Gasteiger partial charge in [-0.1, -0.05) is 0 Å². The van der Waals surface area contributed by atoms with E-state index in [2.05, 4.69) is 0 Å². The Morgan fingerprint density at radius 3 is 2.27 bits per heavy atom. The quantitative estimate of drug-likeness (QED) is 0.506. The van der Waals surface area contributed by atoms with E-state index in [1.807, 2.05) is 0 Å². The summed E-state index contributed by atoms with van der Waals surface area (Å²) in [5.74, 6) is -3.29. The molecule has 64 valence electrons. The number of ketones is 1. The van der Waals surface area contributed by atoms with Gasteiger partial charge < -0.3 is 0 Å². The van der Waals surface area contributed by atoms with Crippen LogP contribution in [-0.2, 0) is 4.79 Å². The first-order valence-corrected chi connectivity index (χ1v) is 2.89. The summed E-state index contributed by atoms with van der Waals surface area (Å²) in [5, 5.41) is 1.39. The molecular formula is C6H8F3NO. The molecule has 11 heavy (non-hydrogen) atoms. The van der Waals surface area contributed by atoms with E-state index in [4.69, 9.17) is 0 Å². The van der Waals surface area contributed by atoms with E-state index in [9.17, 15) is 18.0 Å². The first kappa shape index (κ1) is 10.2. The average Bonchev–Trinajstić information content (AvgIpc) is 2.01. The molecule has 0 aliphatic rings. The van der Waals surface area contributed by atoms with E-state index < -0.39 is 17.7 Å². The van der Waals surface area contributed by atoms with Crippen molar-refractivity contribution in [1.29, 1.82) is 0 Å². The largest absolute Gasteiger partial charge is 0.368 e. The summed E-state index contributed by atoms with van der Waals surface area (Å²) < 4.78 is 36.7. The number of nitrogens with one attached hydrogen (secondary N) is 1. The second-order valence-corrected chi connectivity index (χ2v) is 1.79. The van der Waals surface area contributed by atoms with Gasteiger partial charge in [0.05, 0.1) is 0 Å². The van der Waals surface area contributed by atoms with Gasteiger partial charge in [-0.05, 0) is 20.0 Å². The second-order valence-electron chi connectivity index (χ2n) is 1.79. The summed E-state index contributed by atoms with van der Waals surface area (Å²) in [7, 11) is 0.876. The van der Waals surface area contributed by atoms with E-state index in [1.165, 1.54) is 12.2 Å². The van der Waals surface area contributed by atoms with Crippen LogP contribution in [0.5, 0.6) is 0 Å². The maximum atomic E-state index is 12.2. The van der Waals surface area contributed by atoms with Gasteiger partial charge >= 0.3 is 6.05 Å². The van der Waals surface area contributed by atoms with Crippen LogP contribution in [0.4, 0.5) is 13.2 Å². The number of halogens is 3. The van der Waals surface area contributed by atoms with Gasteiger partial charge in [-0.15, -0.1) is 0 Å². The van der Waals surface area contributed by atoms with E-state index in [0.29, 0.717) is 6.08 Å². The van der Waals surface area contributed by atoms with Crippen molar-refractivity contribution in [3.63, 3.8) is 0 Å². The Morgan fingerprint density at radius 2 is 2.00 bits per heavy atom. The monoisotopic (exact) mass is 167 g/mol. The van der Waals surface area contributed by atoms with Gasteiger partial charge in [0.2, 0.25) is 0 Å². The van der Waals surface area contributed by atoms with Gasteiger partial charge in [-0.2, -0.15) is 8.78 Å². The minimum atomic E-state index is -3.81. The predicted octanol–water partition coefficient (Wildman–Crippen LogP) is 1.24. The molecule has 0 aliphatic heterocycles. The van der Waals surface area contributed by atoms with Crippen molar-refractivity contribution in [2.75, 3.05) is 7.05 Å². The minimum Gasteiger partial charge on any atom is -0.283 e. The Bertz CT molecular complexity index is 188. The van der Waals surface area contributed by atoms with Crippen molar-refractivity contribution in [2.24, 2.45) is 0 Å². The first-order chi connectivity index (χ1) is 4.95. The number of carbonyl (C=O) groups excluding carboxylic acids is 1. The molecule has 5 heteroatoms. The fourth-order valence-electron chi connectivity index (χ4n) is 0.395. The van der Waals surface area contributed by atoms with Crippen LogP contribution in [0.2, 0.25) is 0 Å². The highest BCUT2D eigenvalue weighted by Gasteiger charge is 2.38. The highest BCUT2D eigenvalue weighted by atomic mass is 19.3. The van der Waals surface area contributed by atoms with Gasteiger partial charge in [0, 0.05) is 0 Å². The third kappa shape index (κ3) is 2.34. The zero-order valence-electron chi connectivity index (χ0n) is 6.12. The third-order valence-corrected chi connectivity index (χ3v) is 1.07. The number of Topliss-reactive ketones (excluding diaryl/α,β-unsaturated/α-hetero) is 1. The summed E-state index contributed by atoms with van der Waals surface area (Å²) in [6.45, 7) is 1.17. The van der Waals surface area contributed by atoms with Crippen LogP contribution in [0.3, 0.4) is 0 Å². The number of likely N-dealkylation sites (N-methyl/N-ethyl adjacent to an activating group) is 1. The maximum absolute atomic E-state index is 12.2. The molecular weight excluding hydrogens is 159 g/mol. The molecule has 2 nitrogen and oxygen atoms in total. The summed E-state index contributed by atoms with van der Waals surface area (Å²) in [5.41, 5.74) is 0. The molecule has 0 radical (unpaired) electrons. The standard InChI is InChI=1S/C6H8F3NO/c1-3-4(7)5(11)6(8,9)10-2/h3,10H,1-2H3/b4-3-. The highest BCUT2D eigenvalue weighted by molar-refractivity contribution is 5.98. The lowest BCUT2D eigenvalue weighted by molar-refractivity contribution is -0.144. The minimum absolute atomic E-state index is 0.688. The van der Waals surface area contributed by atoms with Gasteiger partial charge in [0.1, 0.15) is 0 Å². The van der Waals surface area contributed by atoms with Gasteiger partial charge in [0.25, 0.3) is 5.78 Å². The van der Waals surface area contributed by atoms with Crippen LogP contribution in [0.15, 0.2) is 11.9 Å². The molecule has 0 saturated heterocycles. The van der Waals surface area contributed by atoms with Gasteiger partial charge in [0.15, 0.2) is 5.83 Å². The number of allylic oxidation sites excluding steroid dienone is 1. The van der Waals surface area contributed by atoms with E-state index in [1.54, 1.807) is 0 Å². The van der Waals surface area contributed by atoms with E-state index in [0.717, 1.165) is 7.05 Å². The van der Waals surface area contributed by atoms with Crippen LogP contribution in [0.25, 0.3) is 0 Å². The summed E-state index contributed by atoms with van der Waals surface area (Å²) in [6.07, 6.45) is 0.688. The molecule has 0 aliphatic carbocycles. The lowest BCUT2D eigenvalue weighted by Crippen LogP contribution is -2.41. The Labute approximate surface area is 62.1 Å². The van der Waals surface area contributed by atoms with E-state index >= 15 is 0 Å². The Balaban J connectivity index is 4.49. The SMILES string of the molecule is C/C=C(\F)C(=O)C(F)(F)NC.